The predicted octanol–water partition coefficient (Wildman–Crippen LogP) is 3.21. The Hall–Kier alpha value is -0.500. The highest BCUT2D eigenvalue weighted by Crippen LogP contribution is 2.30. The van der Waals surface area contributed by atoms with Crippen LogP contribution in [0.4, 0.5) is 0 Å². The Balaban J connectivity index is 2.48. The summed E-state index contributed by atoms with van der Waals surface area (Å²) in [6.45, 7) is 8.31. The van der Waals surface area contributed by atoms with E-state index in [0.717, 1.165) is 25.9 Å². The van der Waals surface area contributed by atoms with Gasteiger partial charge in [0, 0.05) is 25.4 Å². The second-order valence-electron chi connectivity index (χ2n) is 5.36. The van der Waals surface area contributed by atoms with E-state index in [9.17, 15) is 4.79 Å². The second kappa shape index (κ2) is 5.72. The lowest BCUT2D eigenvalue weighted by Crippen LogP contribution is -2.36. The van der Waals surface area contributed by atoms with Gasteiger partial charge in [0.15, 0.2) is 0 Å². The maximum Gasteiger partial charge on any atom is 0.222 e. The van der Waals surface area contributed by atoms with Gasteiger partial charge in [0.05, 0.1) is 0 Å². The SMILES string of the molecule is CC(C)(C)C1=CCN(C(=O)CCCCl)CC1. The van der Waals surface area contributed by atoms with Gasteiger partial charge in [0.2, 0.25) is 5.91 Å². The summed E-state index contributed by atoms with van der Waals surface area (Å²) in [5.41, 5.74) is 1.71. The molecule has 0 fully saturated rings. The lowest BCUT2D eigenvalue weighted by atomic mass is 9.83. The highest BCUT2D eigenvalue weighted by Gasteiger charge is 2.23. The van der Waals surface area contributed by atoms with Crippen LogP contribution >= 0.6 is 11.6 Å². The van der Waals surface area contributed by atoms with Crippen LogP contribution in [-0.4, -0.2) is 29.8 Å². The Labute approximate surface area is 104 Å². The first-order chi connectivity index (χ1) is 7.45. The number of rotatable bonds is 3. The quantitative estimate of drug-likeness (QED) is 0.551. The van der Waals surface area contributed by atoms with Crippen LogP contribution in [-0.2, 0) is 4.79 Å². The van der Waals surface area contributed by atoms with Gasteiger partial charge < -0.3 is 4.90 Å². The van der Waals surface area contributed by atoms with E-state index in [1.165, 1.54) is 5.57 Å². The van der Waals surface area contributed by atoms with E-state index in [4.69, 9.17) is 11.6 Å². The Morgan fingerprint density at radius 1 is 1.50 bits per heavy atom. The van der Waals surface area contributed by atoms with Crippen molar-refractivity contribution in [3.63, 3.8) is 0 Å². The molecular weight excluding hydrogens is 222 g/mol. The van der Waals surface area contributed by atoms with Crippen molar-refractivity contribution >= 4 is 17.5 Å². The number of carbonyl (C=O) groups excluding carboxylic acids is 1. The molecule has 0 spiro atoms. The zero-order chi connectivity index (χ0) is 12.2. The van der Waals surface area contributed by atoms with Gasteiger partial charge in [-0.15, -0.1) is 11.6 Å². The molecule has 0 bridgehead atoms. The fourth-order valence-electron chi connectivity index (χ4n) is 1.95. The third kappa shape index (κ3) is 3.82. The molecule has 0 radical (unpaired) electrons. The fourth-order valence-corrected chi connectivity index (χ4v) is 2.09. The Morgan fingerprint density at radius 2 is 2.19 bits per heavy atom. The molecule has 0 saturated heterocycles. The Bertz CT molecular complexity index is 278. The average molecular weight is 244 g/mol. The van der Waals surface area contributed by atoms with E-state index in [1.807, 2.05) is 4.90 Å². The molecule has 0 aromatic heterocycles. The Kier molecular flexibility index (Phi) is 4.85. The van der Waals surface area contributed by atoms with Crippen LogP contribution in [0.2, 0.25) is 0 Å². The van der Waals surface area contributed by atoms with E-state index in [0.29, 0.717) is 12.3 Å². The minimum Gasteiger partial charge on any atom is -0.339 e. The molecule has 0 unspecified atom stereocenters. The van der Waals surface area contributed by atoms with Crippen LogP contribution in [0.5, 0.6) is 0 Å². The standard InChI is InChI=1S/C13H22ClNO/c1-13(2,3)11-6-9-15(10-7-11)12(16)5-4-8-14/h6H,4-5,7-10H2,1-3H3. The molecule has 1 rings (SSSR count). The molecule has 0 N–H and O–H groups in total. The number of alkyl halides is 1. The third-order valence-corrected chi connectivity index (χ3v) is 3.32. The van der Waals surface area contributed by atoms with Gasteiger partial charge in [-0.1, -0.05) is 32.4 Å². The molecular formula is C13H22ClNO. The van der Waals surface area contributed by atoms with Crippen molar-refractivity contribution < 1.29 is 4.79 Å². The van der Waals surface area contributed by atoms with Crippen molar-refractivity contribution in [2.45, 2.75) is 40.0 Å². The molecule has 1 aliphatic rings. The number of hydrogen-bond donors (Lipinski definition) is 0. The molecule has 1 amide bonds. The van der Waals surface area contributed by atoms with Gasteiger partial charge in [-0.3, -0.25) is 4.79 Å². The van der Waals surface area contributed by atoms with Crippen molar-refractivity contribution in [3.8, 4) is 0 Å². The van der Waals surface area contributed by atoms with Crippen molar-refractivity contribution in [1.29, 1.82) is 0 Å². The largest absolute Gasteiger partial charge is 0.339 e. The van der Waals surface area contributed by atoms with E-state index in [1.54, 1.807) is 0 Å². The summed E-state index contributed by atoms with van der Waals surface area (Å²) in [4.78, 5) is 13.7. The summed E-state index contributed by atoms with van der Waals surface area (Å²) < 4.78 is 0. The lowest BCUT2D eigenvalue weighted by molar-refractivity contribution is -0.130. The molecule has 1 heterocycles. The van der Waals surface area contributed by atoms with Crippen molar-refractivity contribution in [2.75, 3.05) is 19.0 Å². The molecule has 2 nitrogen and oxygen atoms in total. The average Bonchev–Trinajstić information content (AvgIpc) is 2.25. The molecule has 16 heavy (non-hydrogen) atoms. The molecule has 0 aromatic rings. The summed E-state index contributed by atoms with van der Waals surface area (Å²) in [5, 5.41) is 0. The molecule has 0 aromatic carbocycles. The Morgan fingerprint density at radius 3 is 2.62 bits per heavy atom. The minimum atomic E-state index is 0.241. The van der Waals surface area contributed by atoms with Gasteiger partial charge in [-0.05, 0) is 18.3 Å². The predicted molar refractivity (Wildman–Crippen MR) is 68.7 cm³/mol. The van der Waals surface area contributed by atoms with Gasteiger partial charge in [0.25, 0.3) is 0 Å². The van der Waals surface area contributed by atoms with Gasteiger partial charge >= 0.3 is 0 Å². The summed E-state index contributed by atoms with van der Waals surface area (Å²) in [6.07, 6.45) is 4.59. The van der Waals surface area contributed by atoms with Gasteiger partial charge in [-0.2, -0.15) is 0 Å². The van der Waals surface area contributed by atoms with E-state index >= 15 is 0 Å². The number of amides is 1. The molecule has 0 aliphatic carbocycles. The molecule has 1 aliphatic heterocycles. The lowest BCUT2D eigenvalue weighted by Gasteiger charge is -2.32. The highest BCUT2D eigenvalue weighted by molar-refractivity contribution is 6.17. The summed E-state index contributed by atoms with van der Waals surface area (Å²) in [5.74, 6) is 0.813. The number of hydrogen-bond acceptors (Lipinski definition) is 1. The zero-order valence-corrected chi connectivity index (χ0v) is 11.3. The number of nitrogens with zero attached hydrogens (tertiary/aromatic N) is 1. The maximum absolute atomic E-state index is 11.8. The number of carbonyl (C=O) groups is 1. The van der Waals surface area contributed by atoms with Crippen LogP contribution < -0.4 is 0 Å². The minimum absolute atomic E-state index is 0.241. The third-order valence-electron chi connectivity index (χ3n) is 3.05. The highest BCUT2D eigenvalue weighted by atomic mass is 35.5. The monoisotopic (exact) mass is 243 g/mol. The second-order valence-corrected chi connectivity index (χ2v) is 5.74. The first-order valence-electron chi connectivity index (χ1n) is 5.98. The molecule has 0 saturated carbocycles. The normalized spacial score (nSPS) is 17.2. The van der Waals surface area contributed by atoms with Crippen LogP contribution in [0.25, 0.3) is 0 Å². The smallest absolute Gasteiger partial charge is 0.222 e. The van der Waals surface area contributed by atoms with Crippen molar-refractivity contribution in [3.05, 3.63) is 11.6 Å². The first kappa shape index (κ1) is 13.6. The zero-order valence-electron chi connectivity index (χ0n) is 10.6. The maximum atomic E-state index is 11.8. The van der Waals surface area contributed by atoms with Crippen LogP contribution in [0.1, 0.15) is 40.0 Å². The van der Waals surface area contributed by atoms with E-state index < -0.39 is 0 Å². The van der Waals surface area contributed by atoms with E-state index in [-0.39, 0.29) is 11.3 Å². The molecule has 92 valence electrons. The molecule has 0 atom stereocenters. The first-order valence-corrected chi connectivity index (χ1v) is 6.52. The molecule has 3 heteroatoms. The van der Waals surface area contributed by atoms with Crippen LogP contribution in [0.15, 0.2) is 11.6 Å². The van der Waals surface area contributed by atoms with Crippen molar-refractivity contribution in [1.82, 2.24) is 4.90 Å². The summed E-state index contributed by atoms with van der Waals surface area (Å²) in [7, 11) is 0. The van der Waals surface area contributed by atoms with Crippen LogP contribution in [0.3, 0.4) is 0 Å². The summed E-state index contributed by atoms with van der Waals surface area (Å²) in [6, 6.07) is 0. The van der Waals surface area contributed by atoms with E-state index in [2.05, 4.69) is 26.8 Å². The van der Waals surface area contributed by atoms with Gasteiger partial charge in [-0.25, -0.2) is 0 Å². The summed E-state index contributed by atoms with van der Waals surface area (Å²) >= 11 is 5.58. The number of halogens is 1. The van der Waals surface area contributed by atoms with Crippen LogP contribution in [0, 0.1) is 5.41 Å². The topological polar surface area (TPSA) is 20.3 Å². The van der Waals surface area contributed by atoms with Crippen molar-refractivity contribution in [2.24, 2.45) is 5.41 Å². The van der Waals surface area contributed by atoms with Gasteiger partial charge in [0.1, 0.15) is 0 Å². The fraction of sp³-hybridized carbons (Fsp3) is 0.769.